The van der Waals surface area contributed by atoms with E-state index >= 15 is 0 Å². The van der Waals surface area contributed by atoms with Gasteiger partial charge in [-0.15, -0.1) is 0 Å². The molecule has 0 amide bonds. The molecule has 0 atom stereocenters. The Morgan fingerprint density at radius 2 is 1.90 bits per heavy atom. The van der Waals surface area contributed by atoms with Crippen LogP contribution in [0.5, 0.6) is 11.5 Å². The van der Waals surface area contributed by atoms with Gasteiger partial charge >= 0.3 is 0 Å². The average Bonchev–Trinajstić information content (AvgIpc) is 2.37. The van der Waals surface area contributed by atoms with E-state index in [-0.39, 0.29) is 27.1 Å². The van der Waals surface area contributed by atoms with Crippen LogP contribution >= 0.6 is 39.7 Å². The summed E-state index contributed by atoms with van der Waals surface area (Å²) >= 11 is 13.7. The van der Waals surface area contributed by atoms with E-state index < -0.39 is 11.6 Å². The predicted octanol–water partition coefficient (Wildman–Crippen LogP) is 4.81. The van der Waals surface area contributed by atoms with Crippen molar-refractivity contribution in [3.05, 3.63) is 57.0 Å². The van der Waals surface area contributed by atoms with Crippen LogP contribution in [0.2, 0.25) is 5.02 Å². The second-order valence-corrected chi connectivity index (χ2v) is 5.50. The number of hydrogen-bond acceptors (Lipinski definition) is 2. The molecule has 2 aromatic rings. The average molecular weight is 379 g/mol. The van der Waals surface area contributed by atoms with Gasteiger partial charge < -0.3 is 10.5 Å². The summed E-state index contributed by atoms with van der Waals surface area (Å²) in [6.45, 7) is 0. The van der Waals surface area contributed by atoms with Gasteiger partial charge in [0.2, 0.25) is 0 Å². The van der Waals surface area contributed by atoms with Crippen LogP contribution < -0.4 is 10.5 Å². The van der Waals surface area contributed by atoms with Crippen LogP contribution in [0.25, 0.3) is 0 Å². The van der Waals surface area contributed by atoms with E-state index in [1.54, 1.807) is 0 Å². The zero-order valence-electron chi connectivity index (χ0n) is 9.79. The number of hydrogen-bond donors (Lipinski definition) is 1. The highest BCUT2D eigenvalue weighted by Gasteiger charge is 2.13. The van der Waals surface area contributed by atoms with Crippen LogP contribution in [0.15, 0.2) is 34.8 Å². The summed E-state index contributed by atoms with van der Waals surface area (Å²) < 4.78 is 32.6. The minimum Gasteiger partial charge on any atom is -0.455 e. The fraction of sp³-hybridized carbons (Fsp3) is 0. The predicted molar refractivity (Wildman–Crippen MR) is 81.5 cm³/mol. The van der Waals surface area contributed by atoms with Crippen molar-refractivity contribution in [2.45, 2.75) is 0 Å². The molecule has 0 saturated heterocycles. The maximum atomic E-state index is 13.4. The van der Waals surface area contributed by atoms with Crippen molar-refractivity contribution in [3.63, 3.8) is 0 Å². The van der Waals surface area contributed by atoms with Gasteiger partial charge in [-0.3, -0.25) is 0 Å². The highest BCUT2D eigenvalue weighted by atomic mass is 79.9. The van der Waals surface area contributed by atoms with E-state index in [1.807, 2.05) is 0 Å². The molecule has 0 aliphatic rings. The van der Waals surface area contributed by atoms with E-state index in [4.69, 9.17) is 34.3 Å². The molecule has 0 bridgehead atoms. The lowest BCUT2D eigenvalue weighted by Crippen LogP contribution is -2.11. The van der Waals surface area contributed by atoms with Gasteiger partial charge in [-0.1, -0.05) is 23.8 Å². The second kappa shape index (κ2) is 6.03. The van der Waals surface area contributed by atoms with Crippen LogP contribution in [0.1, 0.15) is 5.56 Å². The molecule has 0 fully saturated rings. The Bertz CT molecular complexity index is 696. The number of ether oxygens (including phenoxy) is 1. The molecule has 2 aromatic carbocycles. The van der Waals surface area contributed by atoms with E-state index in [1.165, 1.54) is 18.2 Å². The fourth-order valence-corrected chi connectivity index (χ4v) is 2.36. The van der Waals surface area contributed by atoms with Crippen molar-refractivity contribution >= 4 is 44.7 Å². The lowest BCUT2D eigenvalue weighted by atomic mass is 10.2. The van der Waals surface area contributed by atoms with Gasteiger partial charge in [0.15, 0.2) is 0 Å². The maximum absolute atomic E-state index is 13.4. The van der Waals surface area contributed by atoms with Crippen LogP contribution in [-0.4, -0.2) is 4.99 Å². The lowest BCUT2D eigenvalue weighted by Gasteiger charge is -2.12. The zero-order chi connectivity index (χ0) is 14.9. The fourth-order valence-electron chi connectivity index (χ4n) is 1.48. The molecule has 0 radical (unpaired) electrons. The smallest absolute Gasteiger partial charge is 0.145 e. The molecule has 2 N–H and O–H groups in total. The Morgan fingerprint density at radius 3 is 2.55 bits per heavy atom. The molecule has 0 aromatic heterocycles. The lowest BCUT2D eigenvalue weighted by molar-refractivity contribution is 0.471. The van der Waals surface area contributed by atoms with Gasteiger partial charge in [0.25, 0.3) is 0 Å². The summed E-state index contributed by atoms with van der Waals surface area (Å²) in [5.74, 6) is -0.734. The van der Waals surface area contributed by atoms with Gasteiger partial charge in [-0.25, -0.2) is 8.78 Å². The van der Waals surface area contributed by atoms with E-state index in [9.17, 15) is 8.78 Å². The third-order valence-corrected chi connectivity index (χ3v) is 3.53. The second-order valence-electron chi connectivity index (χ2n) is 3.80. The summed E-state index contributed by atoms with van der Waals surface area (Å²) in [6, 6.07) is 6.17. The monoisotopic (exact) mass is 377 g/mol. The van der Waals surface area contributed by atoms with Crippen molar-refractivity contribution < 1.29 is 13.5 Å². The van der Waals surface area contributed by atoms with Crippen molar-refractivity contribution in [1.82, 2.24) is 0 Å². The van der Waals surface area contributed by atoms with Crippen molar-refractivity contribution in [3.8, 4) is 11.5 Å². The standard InChI is InChI=1S/C13H7BrClF2NOS/c14-8-4-9(15)10(17)5-12(8)19-11-2-1-6(16)3-7(11)13(18)20/h1-5H,(H2,18,20). The molecule has 104 valence electrons. The Balaban J connectivity index is 2.45. The van der Waals surface area contributed by atoms with Crippen molar-refractivity contribution in [2.24, 2.45) is 5.73 Å². The van der Waals surface area contributed by atoms with Crippen LogP contribution in [0, 0.1) is 11.6 Å². The normalized spacial score (nSPS) is 10.4. The van der Waals surface area contributed by atoms with Gasteiger partial charge in [0.1, 0.15) is 28.1 Å². The number of thiocarbonyl (C=S) groups is 1. The third kappa shape index (κ3) is 3.26. The first-order valence-electron chi connectivity index (χ1n) is 5.30. The van der Waals surface area contributed by atoms with Gasteiger partial charge in [0, 0.05) is 6.07 Å². The largest absolute Gasteiger partial charge is 0.455 e. The third-order valence-electron chi connectivity index (χ3n) is 2.40. The van der Waals surface area contributed by atoms with E-state index in [2.05, 4.69) is 15.9 Å². The van der Waals surface area contributed by atoms with Crippen LogP contribution in [0.3, 0.4) is 0 Å². The Hall–Kier alpha value is -1.24. The van der Waals surface area contributed by atoms with Crippen LogP contribution in [0.4, 0.5) is 8.78 Å². The number of halogens is 4. The van der Waals surface area contributed by atoms with Crippen molar-refractivity contribution in [2.75, 3.05) is 0 Å². The first-order chi connectivity index (χ1) is 9.38. The minimum absolute atomic E-state index is 0.0231. The first kappa shape index (κ1) is 15.2. The van der Waals surface area contributed by atoms with Gasteiger partial charge in [-0.2, -0.15) is 0 Å². The topological polar surface area (TPSA) is 35.2 Å². The van der Waals surface area contributed by atoms with Gasteiger partial charge in [0.05, 0.1) is 15.1 Å². The molecule has 2 nitrogen and oxygen atoms in total. The van der Waals surface area contributed by atoms with Crippen molar-refractivity contribution in [1.29, 1.82) is 0 Å². The summed E-state index contributed by atoms with van der Waals surface area (Å²) in [6.07, 6.45) is 0. The highest BCUT2D eigenvalue weighted by molar-refractivity contribution is 9.10. The Morgan fingerprint density at radius 1 is 1.20 bits per heavy atom. The van der Waals surface area contributed by atoms with E-state index in [0.29, 0.717) is 4.47 Å². The quantitative estimate of drug-likeness (QED) is 0.615. The molecular weight excluding hydrogens is 372 g/mol. The van der Waals surface area contributed by atoms with Crippen LogP contribution in [-0.2, 0) is 0 Å². The summed E-state index contributed by atoms with van der Waals surface area (Å²) in [5, 5.41) is -0.0436. The number of nitrogens with two attached hydrogens (primary N) is 1. The molecule has 0 unspecified atom stereocenters. The molecule has 0 spiro atoms. The SMILES string of the molecule is NC(=S)c1cc(F)ccc1Oc1cc(F)c(Cl)cc1Br. The highest BCUT2D eigenvalue weighted by Crippen LogP contribution is 2.35. The molecule has 20 heavy (non-hydrogen) atoms. The minimum atomic E-state index is -0.635. The molecular formula is C13H7BrClF2NOS. The molecule has 0 aliphatic carbocycles. The Labute approximate surface area is 132 Å². The summed E-state index contributed by atoms with van der Waals surface area (Å²) in [7, 11) is 0. The summed E-state index contributed by atoms with van der Waals surface area (Å²) in [5.41, 5.74) is 5.73. The molecule has 2 rings (SSSR count). The summed E-state index contributed by atoms with van der Waals surface area (Å²) in [4.78, 5) is -0.0231. The maximum Gasteiger partial charge on any atom is 0.145 e. The molecule has 0 aliphatic heterocycles. The number of rotatable bonds is 3. The first-order valence-corrected chi connectivity index (χ1v) is 6.88. The molecule has 0 heterocycles. The molecule has 7 heteroatoms. The van der Waals surface area contributed by atoms with E-state index in [0.717, 1.165) is 12.1 Å². The van der Waals surface area contributed by atoms with Gasteiger partial charge in [-0.05, 0) is 40.2 Å². The Kier molecular flexibility index (Phi) is 4.57. The number of benzene rings is 2. The zero-order valence-corrected chi connectivity index (χ0v) is 13.0. The molecule has 0 saturated carbocycles.